The predicted molar refractivity (Wildman–Crippen MR) is 77.7 cm³/mol. The van der Waals surface area contributed by atoms with Gasteiger partial charge >= 0.3 is 0 Å². The summed E-state index contributed by atoms with van der Waals surface area (Å²) in [6.07, 6.45) is 0.609. The van der Waals surface area contributed by atoms with Gasteiger partial charge in [0.05, 0.1) is 13.1 Å². The van der Waals surface area contributed by atoms with Crippen LogP contribution in [0, 0.1) is 0 Å². The Hall–Kier alpha value is -1.79. The molecule has 0 aliphatic heterocycles. The second kappa shape index (κ2) is 5.68. The minimum atomic E-state index is -0.0328. The van der Waals surface area contributed by atoms with Gasteiger partial charge in [0, 0.05) is 6.42 Å². The summed E-state index contributed by atoms with van der Waals surface area (Å²) in [7, 11) is 1.75. The summed E-state index contributed by atoms with van der Waals surface area (Å²) in [5, 5.41) is 12.1. The van der Waals surface area contributed by atoms with Crippen molar-refractivity contribution >= 4 is 0 Å². The molecule has 0 bridgehead atoms. The number of nitrogens with zero attached hydrogens (tertiary/aromatic N) is 4. The first-order chi connectivity index (χ1) is 9.41. The van der Waals surface area contributed by atoms with Crippen LogP contribution in [0.3, 0.4) is 0 Å². The van der Waals surface area contributed by atoms with Gasteiger partial charge in [0.25, 0.3) is 0 Å². The lowest BCUT2D eigenvalue weighted by Crippen LogP contribution is -2.32. The number of aromatic nitrogens is 4. The maximum Gasteiger partial charge on any atom is 0.176 e. The Morgan fingerprint density at radius 2 is 2.00 bits per heavy atom. The van der Waals surface area contributed by atoms with Crippen LogP contribution in [0.5, 0.6) is 0 Å². The second-order valence-corrected chi connectivity index (χ2v) is 5.96. The van der Waals surface area contributed by atoms with E-state index in [4.69, 9.17) is 5.84 Å². The summed E-state index contributed by atoms with van der Waals surface area (Å²) >= 11 is 0. The fraction of sp³-hybridized carbons (Fsp3) is 0.500. The zero-order chi connectivity index (χ0) is 14.8. The number of nitrogens with one attached hydrogen (secondary N) is 1. The molecule has 0 spiro atoms. The average molecular weight is 274 g/mol. The van der Waals surface area contributed by atoms with Crippen LogP contribution in [0.15, 0.2) is 24.3 Å². The van der Waals surface area contributed by atoms with Crippen LogP contribution in [-0.4, -0.2) is 20.2 Å². The van der Waals surface area contributed by atoms with E-state index in [1.165, 1.54) is 15.9 Å². The third-order valence-corrected chi connectivity index (χ3v) is 3.28. The van der Waals surface area contributed by atoms with Crippen molar-refractivity contribution in [3.05, 3.63) is 41.2 Å². The summed E-state index contributed by atoms with van der Waals surface area (Å²) in [6.45, 7) is 6.58. The number of tetrazole rings is 1. The van der Waals surface area contributed by atoms with Gasteiger partial charge in [-0.15, -0.1) is 10.2 Å². The number of aryl methyl sites for hydroxylation is 1. The van der Waals surface area contributed by atoms with Gasteiger partial charge in [-0.2, -0.15) is 4.80 Å². The molecule has 2 aromatic rings. The molecule has 20 heavy (non-hydrogen) atoms. The molecule has 0 aliphatic carbocycles. The first kappa shape index (κ1) is 14.6. The van der Waals surface area contributed by atoms with Crippen LogP contribution in [0.4, 0.5) is 0 Å². The van der Waals surface area contributed by atoms with Crippen molar-refractivity contribution in [3.63, 3.8) is 0 Å². The highest BCUT2D eigenvalue weighted by molar-refractivity contribution is 5.35. The molecule has 0 radical (unpaired) electrons. The van der Waals surface area contributed by atoms with Crippen molar-refractivity contribution < 1.29 is 0 Å². The molecular weight excluding hydrogens is 252 g/mol. The maximum atomic E-state index is 5.74. The molecule has 1 heterocycles. The van der Waals surface area contributed by atoms with E-state index in [-0.39, 0.29) is 11.5 Å². The van der Waals surface area contributed by atoms with Crippen molar-refractivity contribution in [1.82, 2.24) is 25.6 Å². The quantitative estimate of drug-likeness (QED) is 0.648. The Labute approximate surface area is 119 Å². The molecule has 1 unspecified atom stereocenters. The summed E-state index contributed by atoms with van der Waals surface area (Å²) < 4.78 is 0. The van der Waals surface area contributed by atoms with Crippen LogP contribution < -0.4 is 11.3 Å². The Morgan fingerprint density at radius 3 is 2.55 bits per heavy atom. The van der Waals surface area contributed by atoms with E-state index in [9.17, 15) is 0 Å². The van der Waals surface area contributed by atoms with Crippen LogP contribution in [0.2, 0.25) is 0 Å². The lowest BCUT2D eigenvalue weighted by atomic mass is 9.81. The highest BCUT2D eigenvalue weighted by atomic mass is 15.6. The second-order valence-electron chi connectivity index (χ2n) is 5.96. The van der Waals surface area contributed by atoms with E-state index in [2.05, 4.69) is 59.8 Å². The van der Waals surface area contributed by atoms with Gasteiger partial charge in [-0.05, 0) is 21.8 Å². The molecule has 1 aromatic heterocycles. The van der Waals surface area contributed by atoms with Gasteiger partial charge < -0.3 is 0 Å². The van der Waals surface area contributed by atoms with Crippen molar-refractivity contribution in [1.29, 1.82) is 0 Å². The molecule has 0 aliphatic rings. The molecular formula is C14H22N6. The van der Waals surface area contributed by atoms with Crippen molar-refractivity contribution in [2.45, 2.75) is 38.6 Å². The molecule has 1 atom stereocenters. The van der Waals surface area contributed by atoms with E-state index in [1.807, 2.05) is 6.07 Å². The Kier molecular flexibility index (Phi) is 4.15. The number of hydrogen-bond acceptors (Lipinski definition) is 5. The molecule has 6 heteroatoms. The van der Waals surface area contributed by atoms with Gasteiger partial charge in [-0.25, -0.2) is 0 Å². The molecule has 0 saturated carbocycles. The third-order valence-electron chi connectivity index (χ3n) is 3.28. The zero-order valence-electron chi connectivity index (χ0n) is 12.5. The first-order valence-electron chi connectivity index (χ1n) is 6.70. The van der Waals surface area contributed by atoms with E-state index >= 15 is 0 Å². The Balaban J connectivity index is 2.32. The van der Waals surface area contributed by atoms with Gasteiger partial charge in [-0.3, -0.25) is 11.3 Å². The number of hydrogen-bond donors (Lipinski definition) is 2. The van der Waals surface area contributed by atoms with Gasteiger partial charge in [0.1, 0.15) is 0 Å². The van der Waals surface area contributed by atoms with Gasteiger partial charge in [0.15, 0.2) is 5.82 Å². The summed E-state index contributed by atoms with van der Waals surface area (Å²) in [5.74, 6) is 6.42. The first-order valence-corrected chi connectivity index (χ1v) is 6.70. The molecule has 6 nitrogen and oxygen atoms in total. The summed E-state index contributed by atoms with van der Waals surface area (Å²) in [6, 6.07) is 8.29. The van der Waals surface area contributed by atoms with Crippen LogP contribution in [0.25, 0.3) is 0 Å². The molecule has 3 N–H and O–H groups in total. The van der Waals surface area contributed by atoms with E-state index in [0.29, 0.717) is 12.2 Å². The fourth-order valence-corrected chi connectivity index (χ4v) is 2.33. The van der Waals surface area contributed by atoms with Crippen LogP contribution in [-0.2, 0) is 18.9 Å². The standard InChI is InChI=1S/C14H22N6/c1-14(2,3)11-8-6-5-7-10(11)12(16-15)9-13-17-19-20(4)18-13/h5-8,12,16H,9,15H2,1-4H3. The third kappa shape index (κ3) is 3.20. The predicted octanol–water partition coefficient (Wildman–Crippen LogP) is 1.25. The number of hydrazine groups is 1. The van der Waals surface area contributed by atoms with Crippen molar-refractivity contribution in [2.24, 2.45) is 12.9 Å². The molecule has 2 rings (SSSR count). The number of rotatable bonds is 4. The van der Waals surface area contributed by atoms with Gasteiger partial charge in [-0.1, -0.05) is 45.0 Å². The fourth-order valence-electron chi connectivity index (χ4n) is 2.33. The minimum absolute atomic E-state index is 0.0328. The lowest BCUT2D eigenvalue weighted by molar-refractivity contribution is 0.508. The number of nitrogens with two attached hydrogens (primary N) is 1. The molecule has 1 aromatic carbocycles. The Bertz CT molecular complexity index is 569. The molecule has 0 saturated heterocycles. The van der Waals surface area contributed by atoms with E-state index in [0.717, 1.165) is 0 Å². The van der Waals surface area contributed by atoms with E-state index in [1.54, 1.807) is 7.05 Å². The maximum absolute atomic E-state index is 5.74. The van der Waals surface area contributed by atoms with Gasteiger partial charge in [0.2, 0.25) is 0 Å². The average Bonchev–Trinajstić information content (AvgIpc) is 2.80. The highest BCUT2D eigenvalue weighted by Crippen LogP contribution is 2.30. The summed E-state index contributed by atoms with van der Waals surface area (Å²) in [4.78, 5) is 1.46. The topological polar surface area (TPSA) is 81.7 Å². The largest absolute Gasteiger partial charge is 0.271 e. The SMILES string of the molecule is Cn1nnc(CC(NN)c2ccccc2C(C)(C)C)n1. The normalized spacial score (nSPS) is 13.4. The smallest absolute Gasteiger partial charge is 0.176 e. The van der Waals surface area contributed by atoms with Crippen molar-refractivity contribution in [2.75, 3.05) is 0 Å². The lowest BCUT2D eigenvalue weighted by Gasteiger charge is -2.26. The van der Waals surface area contributed by atoms with Crippen LogP contribution in [0.1, 0.15) is 43.8 Å². The molecule has 0 fully saturated rings. The highest BCUT2D eigenvalue weighted by Gasteiger charge is 2.23. The summed E-state index contributed by atoms with van der Waals surface area (Å²) in [5.41, 5.74) is 5.37. The molecule has 0 amide bonds. The molecule has 108 valence electrons. The monoisotopic (exact) mass is 274 g/mol. The zero-order valence-corrected chi connectivity index (χ0v) is 12.5. The van der Waals surface area contributed by atoms with E-state index < -0.39 is 0 Å². The van der Waals surface area contributed by atoms with Crippen LogP contribution >= 0.6 is 0 Å². The van der Waals surface area contributed by atoms with Crippen molar-refractivity contribution in [3.8, 4) is 0 Å². The Morgan fingerprint density at radius 1 is 1.30 bits per heavy atom. The minimum Gasteiger partial charge on any atom is -0.271 e. The number of benzene rings is 1.